The first-order valence-corrected chi connectivity index (χ1v) is 6.82. The van der Waals surface area contributed by atoms with Gasteiger partial charge in [-0.1, -0.05) is 0 Å². The lowest BCUT2D eigenvalue weighted by atomic mass is 9.98. The van der Waals surface area contributed by atoms with E-state index in [0.29, 0.717) is 0 Å². The SMILES string of the molecule is C[C@H]1O[C@H](O[C@@H]2[C@H](O)[C@H](O)O[C@H](CO)[C@H]2O)[C@@H](O)C[C@@H]1O. The predicted octanol–water partition coefficient (Wildman–Crippen LogP) is -3.34. The molecule has 2 aliphatic rings. The molecule has 0 aliphatic carbocycles. The van der Waals surface area contributed by atoms with Gasteiger partial charge in [0.1, 0.15) is 30.5 Å². The summed E-state index contributed by atoms with van der Waals surface area (Å²) >= 11 is 0. The minimum absolute atomic E-state index is 0.0211. The highest BCUT2D eigenvalue weighted by Gasteiger charge is 2.47. The van der Waals surface area contributed by atoms with Gasteiger partial charge < -0.3 is 44.8 Å². The van der Waals surface area contributed by atoms with Gasteiger partial charge >= 0.3 is 0 Å². The molecule has 2 heterocycles. The lowest BCUT2D eigenvalue weighted by Crippen LogP contribution is -2.61. The molecule has 2 rings (SSSR count). The minimum atomic E-state index is -1.64. The predicted molar refractivity (Wildman–Crippen MR) is 65.8 cm³/mol. The monoisotopic (exact) mass is 310 g/mol. The zero-order chi connectivity index (χ0) is 15.7. The van der Waals surface area contributed by atoms with Crippen LogP contribution in [0.2, 0.25) is 0 Å². The summed E-state index contributed by atoms with van der Waals surface area (Å²) < 4.78 is 15.5. The van der Waals surface area contributed by atoms with E-state index in [1.54, 1.807) is 6.92 Å². The average Bonchev–Trinajstić information content (AvgIpc) is 2.44. The van der Waals surface area contributed by atoms with Crippen LogP contribution in [0.5, 0.6) is 0 Å². The van der Waals surface area contributed by atoms with Crippen LogP contribution in [0.4, 0.5) is 0 Å². The van der Waals surface area contributed by atoms with E-state index in [1.807, 2.05) is 0 Å². The molecule has 0 aromatic rings. The van der Waals surface area contributed by atoms with Crippen molar-refractivity contribution in [1.82, 2.24) is 0 Å². The van der Waals surface area contributed by atoms with Gasteiger partial charge in [-0.15, -0.1) is 0 Å². The molecule has 0 bridgehead atoms. The third-order valence-electron chi connectivity index (χ3n) is 3.82. The molecular formula is C12H22O9. The second kappa shape index (κ2) is 6.82. The number of hydrogen-bond acceptors (Lipinski definition) is 9. The molecule has 0 unspecified atom stereocenters. The summed E-state index contributed by atoms with van der Waals surface area (Å²) in [5, 5.41) is 57.8. The van der Waals surface area contributed by atoms with Crippen LogP contribution in [0.1, 0.15) is 13.3 Å². The molecule has 2 fully saturated rings. The van der Waals surface area contributed by atoms with Crippen molar-refractivity contribution in [2.75, 3.05) is 6.61 Å². The van der Waals surface area contributed by atoms with Gasteiger partial charge in [0, 0.05) is 6.42 Å². The number of hydrogen-bond donors (Lipinski definition) is 6. The molecule has 2 saturated heterocycles. The van der Waals surface area contributed by atoms with Gasteiger partial charge in [0.05, 0.1) is 18.8 Å². The van der Waals surface area contributed by atoms with E-state index < -0.39 is 61.9 Å². The quantitative estimate of drug-likeness (QED) is 0.314. The fourth-order valence-corrected chi connectivity index (χ4v) is 2.45. The largest absolute Gasteiger partial charge is 0.394 e. The maximum Gasteiger partial charge on any atom is 0.184 e. The third-order valence-corrected chi connectivity index (χ3v) is 3.82. The van der Waals surface area contributed by atoms with Crippen molar-refractivity contribution in [1.29, 1.82) is 0 Å². The van der Waals surface area contributed by atoms with E-state index in [2.05, 4.69) is 0 Å². The number of rotatable bonds is 3. The molecule has 9 nitrogen and oxygen atoms in total. The highest BCUT2D eigenvalue weighted by molar-refractivity contribution is 4.91. The minimum Gasteiger partial charge on any atom is -0.394 e. The summed E-state index contributed by atoms with van der Waals surface area (Å²) in [6.07, 6.45) is -10.8. The molecule has 9 atom stereocenters. The zero-order valence-electron chi connectivity index (χ0n) is 11.5. The van der Waals surface area contributed by atoms with Crippen molar-refractivity contribution in [2.24, 2.45) is 0 Å². The maximum atomic E-state index is 9.98. The van der Waals surface area contributed by atoms with Gasteiger partial charge in [0.15, 0.2) is 12.6 Å². The highest BCUT2D eigenvalue weighted by atomic mass is 16.7. The van der Waals surface area contributed by atoms with E-state index in [0.717, 1.165) is 0 Å². The van der Waals surface area contributed by atoms with Crippen LogP contribution in [0.25, 0.3) is 0 Å². The van der Waals surface area contributed by atoms with Crippen molar-refractivity contribution in [2.45, 2.75) is 68.7 Å². The van der Waals surface area contributed by atoms with Crippen molar-refractivity contribution >= 4 is 0 Å². The molecule has 124 valence electrons. The summed E-state index contributed by atoms with van der Waals surface area (Å²) in [5.74, 6) is 0. The Bertz CT molecular complexity index is 341. The average molecular weight is 310 g/mol. The molecule has 0 aromatic heterocycles. The van der Waals surface area contributed by atoms with Gasteiger partial charge in [0.2, 0.25) is 0 Å². The number of ether oxygens (including phenoxy) is 3. The Kier molecular flexibility index (Phi) is 5.52. The molecule has 0 radical (unpaired) electrons. The van der Waals surface area contributed by atoms with E-state index in [4.69, 9.17) is 19.3 Å². The fourth-order valence-electron chi connectivity index (χ4n) is 2.45. The second-order valence-corrected chi connectivity index (χ2v) is 5.41. The molecule has 2 aliphatic heterocycles. The van der Waals surface area contributed by atoms with Crippen molar-refractivity contribution in [3.8, 4) is 0 Å². The maximum absolute atomic E-state index is 9.98. The summed E-state index contributed by atoms with van der Waals surface area (Å²) in [4.78, 5) is 0. The van der Waals surface area contributed by atoms with Gasteiger partial charge in [-0.3, -0.25) is 0 Å². The third kappa shape index (κ3) is 3.52. The van der Waals surface area contributed by atoms with Crippen molar-refractivity contribution < 1.29 is 44.8 Å². The first kappa shape index (κ1) is 17.0. The van der Waals surface area contributed by atoms with Crippen LogP contribution in [0.3, 0.4) is 0 Å². The first-order valence-electron chi connectivity index (χ1n) is 6.82. The smallest absolute Gasteiger partial charge is 0.184 e. The molecular weight excluding hydrogens is 288 g/mol. The molecule has 9 heteroatoms. The first-order chi connectivity index (χ1) is 9.85. The topological polar surface area (TPSA) is 149 Å². The van der Waals surface area contributed by atoms with Gasteiger partial charge in [-0.2, -0.15) is 0 Å². The Morgan fingerprint density at radius 1 is 1.00 bits per heavy atom. The Morgan fingerprint density at radius 3 is 2.29 bits per heavy atom. The fraction of sp³-hybridized carbons (Fsp3) is 1.00. The lowest BCUT2D eigenvalue weighted by molar-refractivity contribution is -0.341. The van der Waals surface area contributed by atoms with Crippen LogP contribution in [-0.2, 0) is 14.2 Å². The summed E-state index contributed by atoms with van der Waals surface area (Å²) in [7, 11) is 0. The number of aliphatic hydroxyl groups is 6. The molecule has 0 saturated carbocycles. The van der Waals surface area contributed by atoms with Gasteiger partial charge in [-0.05, 0) is 6.92 Å². The van der Waals surface area contributed by atoms with Crippen LogP contribution >= 0.6 is 0 Å². The van der Waals surface area contributed by atoms with Crippen LogP contribution in [0.15, 0.2) is 0 Å². The standard InChI is InChI=1S/C12H22O9/c1-4-5(14)2-6(15)12(19-4)21-10-8(16)7(3-13)20-11(18)9(10)17/h4-18H,2-3H2,1H3/t4-,5+,6+,7-,8-,9+,10+,11-,12-/m1/s1. The van der Waals surface area contributed by atoms with E-state index in [9.17, 15) is 25.5 Å². The lowest BCUT2D eigenvalue weighted by Gasteiger charge is -2.43. The van der Waals surface area contributed by atoms with Crippen LogP contribution in [0, 0.1) is 0 Å². The molecule has 0 amide bonds. The van der Waals surface area contributed by atoms with E-state index in [1.165, 1.54) is 0 Å². The Morgan fingerprint density at radius 2 is 1.67 bits per heavy atom. The summed E-state index contributed by atoms with van der Waals surface area (Å²) in [6, 6.07) is 0. The normalized spacial score (nSPS) is 51.9. The molecule has 6 N–H and O–H groups in total. The summed E-state index contributed by atoms with van der Waals surface area (Å²) in [5.41, 5.74) is 0. The number of aliphatic hydroxyl groups excluding tert-OH is 6. The van der Waals surface area contributed by atoms with Crippen molar-refractivity contribution in [3.05, 3.63) is 0 Å². The van der Waals surface area contributed by atoms with Crippen LogP contribution < -0.4 is 0 Å². The Balaban J connectivity index is 2.05. The van der Waals surface area contributed by atoms with Gasteiger partial charge in [0.25, 0.3) is 0 Å². The van der Waals surface area contributed by atoms with Crippen LogP contribution in [-0.4, -0.2) is 92.6 Å². The van der Waals surface area contributed by atoms with E-state index in [-0.39, 0.29) is 6.42 Å². The Labute approximate surface area is 121 Å². The Hall–Kier alpha value is -0.360. The summed E-state index contributed by atoms with van der Waals surface area (Å²) in [6.45, 7) is 1.02. The second-order valence-electron chi connectivity index (χ2n) is 5.41. The van der Waals surface area contributed by atoms with E-state index >= 15 is 0 Å². The molecule has 0 spiro atoms. The molecule has 0 aromatic carbocycles. The molecule has 21 heavy (non-hydrogen) atoms. The highest BCUT2D eigenvalue weighted by Crippen LogP contribution is 2.27. The van der Waals surface area contributed by atoms with Crippen molar-refractivity contribution in [3.63, 3.8) is 0 Å². The van der Waals surface area contributed by atoms with Gasteiger partial charge in [-0.25, -0.2) is 0 Å². The zero-order valence-corrected chi connectivity index (χ0v) is 11.5.